The third kappa shape index (κ3) is 5.27. The molecule has 0 aliphatic carbocycles. The van der Waals surface area contributed by atoms with Gasteiger partial charge in [0.05, 0.1) is 28.5 Å². The van der Waals surface area contributed by atoms with Gasteiger partial charge in [0.1, 0.15) is 0 Å². The zero-order chi connectivity index (χ0) is 25.8. The number of benzene rings is 2. The molecule has 2 aromatic carbocycles. The van der Waals surface area contributed by atoms with Crippen LogP contribution in [0, 0.1) is 0 Å². The molecule has 2 heterocycles. The molecule has 0 bridgehead atoms. The van der Waals surface area contributed by atoms with Gasteiger partial charge in [0.15, 0.2) is 4.80 Å². The van der Waals surface area contributed by atoms with Gasteiger partial charge in [0.25, 0.3) is 5.56 Å². The minimum atomic E-state index is -0.580. The van der Waals surface area contributed by atoms with Crippen molar-refractivity contribution in [2.45, 2.75) is 57.4 Å². The fraction of sp³-hybridized carbons (Fsp3) is 0.345. The van der Waals surface area contributed by atoms with Gasteiger partial charge in [-0.05, 0) is 60.4 Å². The molecule has 0 N–H and O–H groups in total. The number of esters is 1. The number of rotatable bonds is 8. The van der Waals surface area contributed by atoms with E-state index in [0.717, 1.165) is 17.5 Å². The van der Waals surface area contributed by atoms with Crippen molar-refractivity contribution in [2.75, 3.05) is 12.9 Å². The quantitative estimate of drug-likeness (QED) is 0.294. The molecule has 0 spiro atoms. The predicted octanol–water partition coefficient (Wildman–Crippen LogP) is 5.42. The van der Waals surface area contributed by atoms with Crippen LogP contribution >= 0.6 is 23.1 Å². The summed E-state index contributed by atoms with van der Waals surface area (Å²) in [6.45, 7) is 8.41. The Morgan fingerprint density at radius 3 is 2.42 bits per heavy atom. The lowest BCUT2D eigenvalue weighted by Crippen LogP contribution is -2.40. The number of aromatic nitrogens is 1. The number of thiazole rings is 1. The number of nitrogens with zero attached hydrogens (tertiary/aromatic N) is 2. The Bertz CT molecular complexity index is 1450. The summed E-state index contributed by atoms with van der Waals surface area (Å²) in [7, 11) is 0. The van der Waals surface area contributed by atoms with Crippen molar-refractivity contribution in [3.05, 3.63) is 96.2 Å². The topological polar surface area (TPSA) is 60.7 Å². The predicted molar refractivity (Wildman–Crippen MR) is 148 cm³/mol. The summed E-state index contributed by atoms with van der Waals surface area (Å²) in [5.74, 6) is -0.0289. The second-order valence-corrected chi connectivity index (χ2v) is 10.9. The highest BCUT2D eigenvalue weighted by molar-refractivity contribution is 7.98. The average molecular weight is 521 g/mol. The summed E-state index contributed by atoms with van der Waals surface area (Å²) < 4.78 is 7.73. The van der Waals surface area contributed by atoms with Crippen LogP contribution in [0.2, 0.25) is 0 Å². The molecule has 188 valence electrons. The van der Waals surface area contributed by atoms with Crippen molar-refractivity contribution >= 4 is 35.1 Å². The normalized spacial score (nSPS) is 15.7. The SMILES string of the molecule is CCCC1=C(C(=O)OCC)[C@@H](c2ccc(C(C)C)cc2)n2c(s/c(=C\c3ccc(SC)cc3)c2=O)=N1. The second-order valence-electron chi connectivity index (χ2n) is 9.01. The number of allylic oxidation sites excluding steroid dienone is 1. The number of fused-ring (bicyclic) bond motifs is 1. The van der Waals surface area contributed by atoms with Crippen LogP contribution in [-0.2, 0) is 9.53 Å². The van der Waals surface area contributed by atoms with E-state index < -0.39 is 12.0 Å². The summed E-state index contributed by atoms with van der Waals surface area (Å²) in [4.78, 5) is 33.7. The highest BCUT2D eigenvalue weighted by Gasteiger charge is 2.34. The summed E-state index contributed by atoms with van der Waals surface area (Å²) in [6, 6.07) is 15.7. The Hall–Kier alpha value is -2.90. The van der Waals surface area contributed by atoms with Crippen LogP contribution in [0.1, 0.15) is 69.2 Å². The molecule has 7 heteroatoms. The monoisotopic (exact) mass is 520 g/mol. The van der Waals surface area contributed by atoms with Crippen molar-refractivity contribution in [3.63, 3.8) is 0 Å². The third-order valence-corrected chi connectivity index (χ3v) is 7.95. The van der Waals surface area contributed by atoms with Gasteiger partial charge in [-0.1, -0.05) is 74.9 Å². The van der Waals surface area contributed by atoms with E-state index in [1.165, 1.54) is 21.8 Å². The van der Waals surface area contributed by atoms with E-state index in [2.05, 4.69) is 32.9 Å². The summed E-state index contributed by atoms with van der Waals surface area (Å²) >= 11 is 3.05. The van der Waals surface area contributed by atoms with Gasteiger partial charge in [-0.25, -0.2) is 9.79 Å². The number of thioether (sulfide) groups is 1. The first-order valence-corrected chi connectivity index (χ1v) is 14.4. The van der Waals surface area contributed by atoms with Gasteiger partial charge < -0.3 is 4.74 Å². The molecule has 0 radical (unpaired) electrons. The number of hydrogen-bond donors (Lipinski definition) is 0. The van der Waals surface area contributed by atoms with Gasteiger partial charge in [-0.2, -0.15) is 0 Å². The first kappa shape index (κ1) is 26.2. The standard InChI is InChI=1S/C29H32N2O3S2/c1-6-8-23-25(28(33)34-7-2)26(21-13-11-20(12-14-21)18(3)4)31-27(32)24(36-29(31)30-23)17-19-9-15-22(35-5)16-10-19/h9-18,26H,6-8H2,1-5H3/b24-17-/t26-/m1/s1. The zero-order valence-corrected chi connectivity index (χ0v) is 23.0. The van der Waals surface area contributed by atoms with Gasteiger partial charge >= 0.3 is 5.97 Å². The van der Waals surface area contributed by atoms with E-state index in [0.29, 0.717) is 32.9 Å². The number of ether oxygens (including phenoxy) is 1. The first-order valence-electron chi connectivity index (χ1n) is 12.3. The smallest absolute Gasteiger partial charge is 0.338 e. The van der Waals surface area contributed by atoms with Gasteiger partial charge in [0.2, 0.25) is 0 Å². The molecular weight excluding hydrogens is 488 g/mol. The highest BCUT2D eigenvalue weighted by Crippen LogP contribution is 2.33. The van der Waals surface area contributed by atoms with Gasteiger partial charge in [-0.15, -0.1) is 11.8 Å². The molecule has 4 rings (SSSR count). The summed E-state index contributed by atoms with van der Waals surface area (Å²) in [5.41, 5.74) is 4.04. The van der Waals surface area contributed by atoms with Crippen LogP contribution in [-0.4, -0.2) is 23.4 Å². The summed E-state index contributed by atoms with van der Waals surface area (Å²) in [5, 5.41) is 0. The molecule has 0 unspecified atom stereocenters. The Kier molecular flexibility index (Phi) is 8.32. The van der Waals surface area contributed by atoms with E-state index in [9.17, 15) is 9.59 Å². The van der Waals surface area contributed by atoms with E-state index >= 15 is 0 Å². The lowest BCUT2D eigenvalue weighted by Gasteiger charge is -2.26. The molecule has 0 fully saturated rings. The van der Waals surface area contributed by atoms with Crippen molar-refractivity contribution < 1.29 is 9.53 Å². The molecule has 1 aliphatic heterocycles. The van der Waals surface area contributed by atoms with Gasteiger partial charge in [0, 0.05) is 4.90 Å². The van der Waals surface area contributed by atoms with E-state index in [1.807, 2.05) is 48.7 Å². The zero-order valence-electron chi connectivity index (χ0n) is 21.4. The number of carbonyl (C=O) groups is 1. The van der Waals surface area contributed by atoms with Crippen LogP contribution in [0.15, 0.2) is 74.5 Å². The molecule has 1 aromatic heterocycles. The van der Waals surface area contributed by atoms with Crippen LogP contribution in [0.5, 0.6) is 0 Å². The molecule has 3 aromatic rings. The Morgan fingerprint density at radius 2 is 1.83 bits per heavy atom. The van der Waals surface area contributed by atoms with Crippen LogP contribution in [0.4, 0.5) is 0 Å². The largest absolute Gasteiger partial charge is 0.463 e. The van der Waals surface area contributed by atoms with Crippen molar-refractivity contribution in [1.29, 1.82) is 0 Å². The lowest BCUT2D eigenvalue weighted by atomic mass is 9.92. The maximum Gasteiger partial charge on any atom is 0.338 e. The van der Waals surface area contributed by atoms with Gasteiger partial charge in [-0.3, -0.25) is 9.36 Å². The maximum atomic E-state index is 13.8. The molecule has 0 saturated heterocycles. The first-order chi connectivity index (χ1) is 17.4. The minimum absolute atomic E-state index is 0.150. The molecular formula is C29H32N2O3S2. The second kappa shape index (κ2) is 11.4. The summed E-state index contributed by atoms with van der Waals surface area (Å²) in [6.07, 6.45) is 5.41. The third-order valence-electron chi connectivity index (χ3n) is 6.22. The Labute approximate surface area is 220 Å². The van der Waals surface area contributed by atoms with Crippen LogP contribution in [0.25, 0.3) is 6.08 Å². The van der Waals surface area contributed by atoms with E-state index in [-0.39, 0.29) is 12.2 Å². The molecule has 36 heavy (non-hydrogen) atoms. The molecule has 0 amide bonds. The van der Waals surface area contributed by atoms with Crippen molar-refractivity contribution in [1.82, 2.24) is 4.57 Å². The molecule has 0 saturated carbocycles. The molecule has 5 nitrogen and oxygen atoms in total. The fourth-order valence-electron chi connectivity index (χ4n) is 4.35. The van der Waals surface area contributed by atoms with Crippen LogP contribution < -0.4 is 14.9 Å². The average Bonchev–Trinajstić information content (AvgIpc) is 3.18. The molecule has 1 atom stereocenters. The van der Waals surface area contributed by atoms with Crippen LogP contribution in [0.3, 0.4) is 0 Å². The van der Waals surface area contributed by atoms with E-state index in [4.69, 9.17) is 9.73 Å². The fourth-order valence-corrected chi connectivity index (χ4v) is 5.78. The maximum absolute atomic E-state index is 13.8. The Balaban J connectivity index is 1.94. The highest BCUT2D eigenvalue weighted by atomic mass is 32.2. The minimum Gasteiger partial charge on any atom is -0.463 e. The van der Waals surface area contributed by atoms with Crippen molar-refractivity contribution in [3.8, 4) is 0 Å². The van der Waals surface area contributed by atoms with E-state index in [1.54, 1.807) is 23.3 Å². The molecule has 1 aliphatic rings. The van der Waals surface area contributed by atoms with Crippen molar-refractivity contribution in [2.24, 2.45) is 4.99 Å². The lowest BCUT2D eigenvalue weighted by molar-refractivity contribution is -0.139. The number of hydrogen-bond acceptors (Lipinski definition) is 6. The Morgan fingerprint density at radius 1 is 1.14 bits per heavy atom. The number of carbonyl (C=O) groups excluding carboxylic acids is 1.